The Morgan fingerprint density at radius 3 is 2.71 bits per heavy atom. The summed E-state index contributed by atoms with van der Waals surface area (Å²) in [7, 11) is 0. The van der Waals surface area contributed by atoms with Crippen LogP contribution in [0.2, 0.25) is 0 Å². The molecule has 1 aromatic rings. The van der Waals surface area contributed by atoms with Crippen LogP contribution in [-0.4, -0.2) is 11.2 Å². The second kappa shape index (κ2) is 5.45. The molecule has 0 unspecified atom stereocenters. The molecule has 0 amide bonds. The van der Waals surface area contributed by atoms with Crippen LogP contribution in [0.4, 0.5) is 10.1 Å². The maximum Gasteiger partial charge on any atom is 0.171 e. The Balaban J connectivity index is 1.97. The van der Waals surface area contributed by atoms with Gasteiger partial charge in [-0.3, -0.25) is 0 Å². The highest BCUT2D eigenvalue weighted by Gasteiger charge is 2.16. The number of hydrogen-bond acceptors (Lipinski definition) is 1. The maximum absolute atomic E-state index is 13.6. The lowest BCUT2D eigenvalue weighted by atomic mass is 10.2. The van der Waals surface area contributed by atoms with Crippen molar-refractivity contribution in [1.82, 2.24) is 5.32 Å². The van der Waals surface area contributed by atoms with Crippen molar-refractivity contribution in [3.8, 4) is 0 Å². The fourth-order valence-corrected chi connectivity index (χ4v) is 2.46. The second-order valence-electron chi connectivity index (χ2n) is 4.51. The summed E-state index contributed by atoms with van der Waals surface area (Å²) in [6.07, 6.45) is 4.80. The molecular weight excluding hydrogens is 235 g/mol. The van der Waals surface area contributed by atoms with E-state index in [0.717, 1.165) is 18.4 Å². The molecule has 0 radical (unpaired) electrons. The lowest BCUT2D eigenvalue weighted by molar-refractivity contribution is 0.625. The molecule has 1 fully saturated rings. The molecule has 2 N–H and O–H groups in total. The standard InChI is InChI=1S/C13H17FN2S/c1-9-5-4-8-11(14)12(9)16-13(17)15-10-6-2-3-7-10/h4-5,8,10H,2-3,6-7H2,1H3,(H2,15,16,17). The molecule has 0 spiro atoms. The van der Waals surface area contributed by atoms with Crippen LogP contribution in [0.5, 0.6) is 0 Å². The SMILES string of the molecule is Cc1cccc(F)c1NC(=S)NC1CCCC1. The zero-order valence-electron chi connectivity index (χ0n) is 9.92. The van der Waals surface area contributed by atoms with E-state index in [0.29, 0.717) is 16.8 Å². The van der Waals surface area contributed by atoms with Crippen LogP contribution in [0.3, 0.4) is 0 Å². The zero-order valence-corrected chi connectivity index (χ0v) is 10.7. The van der Waals surface area contributed by atoms with Crippen molar-refractivity contribution in [2.75, 3.05) is 5.32 Å². The summed E-state index contributed by atoms with van der Waals surface area (Å²) in [4.78, 5) is 0. The molecule has 17 heavy (non-hydrogen) atoms. The molecule has 0 aliphatic heterocycles. The van der Waals surface area contributed by atoms with Crippen molar-refractivity contribution in [2.24, 2.45) is 0 Å². The Hall–Kier alpha value is -1.16. The summed E-state index contributed by atoms with van der Waals surface area (Å²) < 4.78 is 13.6. The van der Waals surface area contributed by atoms with Crippen molar-refractivity contribution >= 4 is 23.0 Å². The second-order valence-corrected chi connectivity index (χ2v) is 4.92. The fourth-order valence-electron chi connectivity index (χ4n) is 2.20. The lowest BCUT2D eigenvalue weighted by Gasteiger charge is -2.17. The minimum Gasteiger partial charge on any atom is -0.360 e. The molecule has 2 rings (SSSR count). The summed E-state index contributed by atoms with van der Waals surface area (Å²) in [5, 5.41) is 6.70. The quantitative estimate of drug-likeness (QED) is 0.789. The molecule has 0 atom stereocenters. The molecule has 2 nitrogen and oxygen atoms in total. The number of halogens is 1. The van der Waals surface area contributed by atoms with Crippen molar-refractivity contribution < 1.29 is 4.39 Å². The largest absolute Gasteiger partial charge is 0.360 e. The number of hydrogen-bond donors (Lipinski definition) is 2. The van der Waals surface area contributed by atoms with Gasteiger partial charge in [-0.2, -0.15) is 0 Å². The summed E-state index contributed by atoms with van der Waals surface area (Å²) >= 11 is 5.20. The number of thiocarbonyl (C=S) groups is 1. The Bertz CT molecular complexity index is 394. The zero-order chi connectivity index (χ0) is 12.3. The van der Waals surface area contributed by atoms with Gasteiger partial charge in [-0.15, -0.1) is 0 Å². The average Bonchev–Trinajstić information content (AvgIpc) is 2.76. The molecule has 1 saturated carbocycles. The third-order valence-corrected chi connectivity index (χ3v) is 3.37. The summed E-state index contributed by atoms with van der Waals surface area (Å²) in [5.74, 6) is -0.263. The number of rotatable bonds is 2. The van der Waals surface area contributed by atoms with Crippen LogP contribution in [0.15, 0.2) is 18.2 Å². The summed E-state index contributed by atoms with van der Waals surface area (Å²) in [6, 6.07) is 5.45. The summed E-state index contributed by atoms with van der Waals surface area (Å²) in [6.45, 7) is 1.86. The van der Waals surface area contributed by atoms with E-state index in [2.05, 4.69) is 10.6 Å². The Kier molecular flexibility index (Phi) is 3.94. The van der Waals surface area contributed by atoms with E-state index in [4.69, 9.17) is 12.2 Å². The van der Waals surface area contributed by atoms with Gasteiger partial charge in [0.15, 0.2) is 5.11 Å². The number of anilines is 1. The van der Waals surface area contributed by atoms with Gasteiger partial charge in [0.2, 0.25) is 0 Å². The number of aryl methyl sites for hydroxylation is 1. The molecule has 4 heteroatoms. The first kappa shape index (κ1) is 12.3. The number of para-hydroxylation sites is 1. The van der Waals surface area contributed by atoms with Crippen molar-refractivity contribution in [2.45, 2.75) is 38.6 Å². The van der Waals surface area contributed by atoms with Gasteiger partial charge < -0.3 is 10.6 Å². The first-order valence-electron chi connectivity index (χ1n) is 5.99. The van der Waals surface area contributed by atoms with E-state index in [1.807, 2.05) is 13.0 Å². The topological polar surface area (TPSA) is 24.1 Å². The van der Waals surface area contributed by atoms with E-state index in [9.17, 15) is 4.39 Å². The third-order valence-electron chi connectivity index (χ3n) is 3.15. The van der Waals surface area contributed by atoms with Gasteiger partial charge in [-0.25, -0.2) is 4.39 Å². The molecule has 0 aromatic heterocycles. The van der Waals surface area contributed by atoms with Crippen LogP contribution in [0, 0.1) is 12.7 Å². The molecule has 0 bridgehead atoms. The van der Waals surface area contributed by atoms with Gasteiger partial charge in [0.05, 0.1) is 5.69 Å². The third kappa shape index (κ3) is 3.16. The normalized spacial score (nSPS) is 15.9. The molecule has 1 aliphatic carbocycles. The van der Waals surface area contributed by atoms with Gasteiger partial charge in [-0.1, -0.05) is 25.0 Å². The van der Waals surface area contributed by atoms with E-state index < -0.39 is 0 Å². The summed E-state index contributed by atoms with van der Waals surface area (Å²) in [5.41, 5.74) is 1.34. The highest BCUT2D eigenvalue weighted by molar-refractivity contribution is 7.80. The fraction of sp³-hybridized carbons (Fsp3) is 0.462. The van der Waals surface area contributed by atoms with Crippen molar-refractivity contribution in [1.29, 1.82) is 0 Å². The van der Waals surface area contributed by atoms with Gasteiger partial charge >= 0.3 is 0 Å². The van der Waals surface area contributed by atoms with Crippen molar-refractivity contribution in [3.05, 3.63) is 29.6 Å². The molecule has 1 aromatic carbocycles. The van der Waals surface area contributed by atoms with Gasteiger partial charge in [0.1, 0.15) is 5.82 Å². The Morgan fingerprint density at radius 2 is 2.06 bits per heavy atom. The van der Waals surface area contributed by atoms with Gasteiger partial charge in [0.25, 0.3) is 0 Å². The molecule has 0 saturated heterocycles. The van der Waals surface area contributed by atoms with E-state index in [-0.39, 0.29) is 5.82 Å². The predicted molar refractivity (Wildman–Crippen MR) is 72.7 cm³/mol. The van der Waals surface area contributed by atoms with Crippen molar-refractivity contribution in [3.63, 3.8) is 0 Å². The molecule has 0 heterocycles. The van der Waals surface area contributed by atoms with Crippen LogP contribution in [0.1, 0.15) is 31.2 Å². The smallest absolute Gasteiger partial charge is 0.171 e. The molecule has 1 aliphatic rings. The first-order valence-corrected chi connectivity index (χ1v) is 6.40. The first-order chi connectivity index (χ1) is 8.16. The minimum atomic E-state index is -0.263. The minimum absolute atomic E-state index is 0.263. The molecular formula is C13H17FN2S. The Labute approximate surface area is 107 Å². The van der Waals surface area contributed by atoms with Gasteiger partial charge in [0, 0.05) is 6.04 Å². The van der Waals surface area contributed by atoms with Crippen LogP contribution in [-0.2, 0) is 0 Å². The van der Waals surface area contributed by atoms with E-state index >= 15 is 0 Å². The highest BCUT2D eigenvalue weighted by atomic mass is 32.1. The van der Waals surface area contributed by atoms with Crippen LogP contribution >= 0.6 is 12.2 Å². The average molecular weight is 252 g/mol. The maximum atomic E-state index is 13.6. The molecule has 92 valence electrons. The number of benzene rings is 1. The van der Waals surface area contributed by atoms with Crippen LogP contribution in [0.25, 0.3) is 0 Å². The monoisotopic (exact) mass is 252 g/mol. The van der Waals surface area contributed by atoms with E-state index in [1.54, 1.807) is 6.07 Å². The lowest BCUT2D eigenvalue weighted by Crippen LogP contribution is -2.36. The van der Waals surface area contributed by atoms with E-state index in [1.165, 1.54) is 18.9 Å². The highest BCUT2D eigenvalue weighted by Crippen LogP contribution is 2.20. The Morgan fingerprint density at radius 1 is 1.35 bits per heavy atom. The van der Waals surface area contributed by atoms with Gasteiger partial charge in [-0.05, 0) is 43.6 Å². The predicted octanol–water partition coefficient (Wildman–Crippen LogP) is 3.36. The van der Waals surface area contributed by atoms with Crippen LogP contribution < -0.4 is 10.6 Å². The number of nitrogens with one attached hydrogen (secondary N) is 2.